The van der Waals surface area contributed by atoms with Crippen LogP contribution in [0.2, 0.25) is 5.02 Å². The molecule has 0 fully saturated rings. The summed E-state index contributed by atoms with van der Waals surface area (Å²) in [4.78, 5) is 3.78. The van der Waals surface area contributed by atoms with Gasteiger partial charge < -0.3 is 10.6 Å². The number of nitrogens with zero attached hydrogens (tertiary/aromatic N) is 1. The van der Waals surface area contributed by atoms with Gasteiger partial charge in [-0.1, -0.05) is 17.7 Å². The maximum atomic E-state index is 13.5. The van der Waals surface area contributed by atoms with Crippen molar-refractivity contribution in [3.8, 4) is 0 Å². The van der Waals surface area contributed by atoms with Crippen LogP contribution < -0.4 is 10.6 Å². The molecule has 0 saturated heterocycles. The molecule has 8 heteroatoms. The van der Waals surface area contributed by atoms with Gasteiger partial charge in [0, 0.05) is 30.7 Å². The van der Waals surface area contributed by atoms with Gasteiger partial charge in [-0.15, -0.1) is 0 Å². The molecule has 21 heavy (non-hydrogen) atoms. The zero-order valence-corrected chi connectivity index (χ0v) is 12.2. The molecule has 0 amide bonds. The minimum atomic E-state index is -4.22. The lowest BCUT2D eigenvalue weighted by molar-refractivity contribution is -0.132. The standard InChI is InChI=1S/C13H16ClF4N3/c1-19-12(21-8-6-13(16,17)18)20-7-5-9-10(14)3-2-4-11(9)15/h2-4H,5-8H2,1H3,(H2,19,20,21). The summed E-state index contributed by atoms with van der Waals surface area (Å²) in [6.07, 6.45) is -4.87. The molecule has 0 aromatic heterocycles. The largest absolute Gasteiger partial charge is 0.390 e. The fraction of sp³-hybridized carbons (Fsp3) is 0.462. The first-order valence-corrected chi connectivity index (χ1v) is 6.65. The number of guanidine groups is 1. The monoisotopic (exact) mass is 325 g/mol. The highest BCUT2D eigenvalue weighted by molar-refractivity contribution is 6.31. The van der Waals surface area contributed by atoms with Crippen LogP contribution in [0.4, 0.5) is 17.6 Å². The van der Waals surface area contributed by atoms with E-state index in [-0.39, 0.29) is 12.5 Å². The van der Waals surface area contributed by atoms with Gasteiger partial charge >= 0.3 is 6.18 Å². The number of halogens is 5. The molecule has 1 aromatic carbocycles. The van der Waals surface area contributed by atoms with Crippen molar-refractivity contribution in [2.24, 2.45) is 4.99 Å². The topological polar surface area (TPSA) is 36.4 Å². The summed E-state index contributed by atoms with van der Waals surface area (Å²) in [6.45, 7) is 0.0238. The van der Waals surface area contributed by atoms with Crippen LogP contribution in [-0.4, -0.2) is 32.3 Å². The zero-order valence-electron chi connectivity index (χ0n) is 11.4. The Morgan fingerprint density at radius 3 is 2.48 bits per heavy atom. The van der Waals surface area contributed by atoms with E-state index in [4.69, 9.17) is 11.6 Å². The number of hydrogen-bond acceptors (Lipinski definition) is 1. The molecule has 1 aromatic rings. The Hall–Kier alpha value is -1.50. The van der Waals surface area contributed by atoms with Gasteiger partial charge in [0.2, 0.25) is 0 Å². The summed E-state index contributed by atoms with van der Waals surface area (Å²) >= 11 is 5.87. The van der Waals surface area contributed by atoms with Gasteiger partial charge in [0.05, 0.1) is 6.42 Å². The normalized spacial score (nSPS) is 12.4. The Bertz CT molecular complexity index is 469. The number of hydrogen-bond donors (Lipinski definition) is 2. The third-order valence-electron chi connectivity index (χ3n) is 2.65. The molecule has 0 aliphatic carbocycles. The quantitative estimate of drug-likeness (QED) is 0.496. The lowest BCUT2D eigenvalue weighted by Gasteiger charge is -2.13. The van der Waals surface area contributed by atoms with Gasteiger partial charge in [-0.2, -0.15) is 13.2 Å². The molecule has 0 aliphatic rings. The van der Waals surface area contributed by atoms with E-state index in [1.165, 1.54) is 19.2 Å². The van der Waals surface area contributed by atoms with Gasteiger partial charge in [0.15, 0.2) is 5.96 Å². The second kappa shape index (κ2) is 8.07. The molecule has 0 unspecified atom stereocenters. The van der Waals surface area contributed by atoms with Crippen LogP contribution in [0.5, 0.6) is 0 Å². The molecule has 0 saturated carbocycles. The van der Waals surface area contributed by atoms with E-state index in [2.05, 4.69) is 15.6 Å². The number of rotatable bonds is 5. The van der Waals surface area contributed by atoms with Crippen molar-refractivity contribution in [1.29, 1.82) is 0 Å². The number of aliphatic imine (C=N–C) groups is 1. The summed E-state index contributed by atoms with van der Waals surface area (Å²) in [5.41, 5.74) is 0.359. The third kappa shape index (κ3) is 6.66. The smallest absolute Gasteiger partial charge is 0.356 e. The van der Waals surface area contributed by atoms with Crippen LogP contribution in [0.15, 0.2) is 23.2 Å². The minimum Gasteiger partial charge on any atom is -0.356 e. The summed E-state index contributed by atoms with van der Waals surface area (Å²) in [5.74, 6) is -0.184. The fourth-order valence-electron chi connectivity index (χ4n) is 1.62. The molecular weight excluding hydrogens is 310 g/mol. The molecule has 0 radical (unpaired) electrons. The lowest BCUT2D eigenvalue weighted by atomic mass is 10.1. The van der Waals surface area contributed by atoms with Crippen LogP contribution in [0.3, 0.4) is 0 Å². The van der Waals surface area contributed by atoms with E-state index in [0.717, 1.165) is 0 Å². The third-order valence-corrected chi connectivity index (χ3v) is 3.01. The second-order valence-corrected chi connectivity index (χ2v) is 4.65. The number of benzene rings is 1. The Morgan fingerprint density at radius 2 is 1.90 bits per heavy atom. The van der Waals surface area contributed by atoms with Crippen molar-refractivity contribution >= 4 is 17.6 Å². The molecule has 0 atom stereocenters. The van der Waals surface area contributed by atoms with Crippen molar-refractivity contribution in [1.82, 2.24) is 10.6 Å². The Balaban J connectivity index is 2.39. The Labute approximate surface area is 125 Å². The SMILES string of the molecule is CN=C(NCCc1c(F)cccc1Cl)NCCC(F)(F)F. The summed E-state index contributed by atoms with van der Waals surface area (Å²) in [5, 5.41) is 5.65. The Kier molecular flexibility index (Phi) is 6.74. The van der Waals surface area contributed by atoms with Crippen molar-refractivity contribution in [3.63, 3.8) is 0 Å². The first kappa shape index (κ1) is 17.6. The minimum absolute atomic E-state index is 0.228. The van der Waals surface area contributed by atoms with Gasteiger partial charge in [-0.25, -0.2) is 4.39 Å². The average Bonchev–Trinajstić information content (AvgIpc) is 2.38. The van der Waals surface area contributed by atoms with Crippen molar-refractivity contribution in [3.05, 3.63) is 34.6 Å². The molecule has 1 rings (SSSR count). The van der Waals surface area contributed by atoms with Crippen LogP contribution in [0.25, 0.3) is 0 Å². The van der Waals surface area contributed by atoms with Crippen molar-refractivity contribution in [2.75, 3.05) is 20.1 Å². The van der Waals surface area contributed by atoms with E-state index >= 15 is 0 Å². The van der Waals surface area contributed by atoms with Crippen molar-refractivity contribution < 1.29 is 17.6 Å². The van der Waals surface area contributed by atoms with Crippen LogP contribution in [0.1, 0.15) is 12.0 Å². The molecule has 3 nitrogen and oxygen atoms in total. The Morgan fingerprint density at radius 1 is 1.24 bits per heavy atom. The van der Waals surface area contributed by atoms with E-state index in [0.29, 0.717) is 23.6 Å². The van der Waals surface area contributed by atoms with Gasteiger partial charge in [0.25, 0.3) is 0 Å². The predicted octanol–water partition coefficient (Wildman–Crippen LogP) is 3.14. The number of nitrogens with one attached hydrogen (secondary N) is 2. The first-order valence-electron chi connectivity index (χ1n) is 6.27. The van der Waals surface area contributed by atoms with Crippen molar-refractivity contribution in [2.45, 2.75) is 19.0 Å². The van der Waals surface area contributed by atoms with Crippen LogP contribution in [-0.2, 0) is 6.42 Å². The highest BCUT2D eigenvalue weighted by Crippen LogP contribution is 2.19. The molecule has 0 bridgehead atoms. The van der Waals surface area contributed by atoms with E-state index in [9.17, 15) is 17.6 Å². The van der Waals surface area contributed by atoms with Gasteiger partial charge in [-0.3, -0.25) is 4.99 Å². The van der Waals surface area contributed by atoms with E-state index in [1.54, 1.807) is 6.07 Å². The first-order chi connectivity index (χ1) is 9.83. The lowest BCUT2D eigenvalue weighted by Crippen LogP contribution is -2.39. The van der Waals surface area contributed by atoms with E-state index < -0.39 is 18.4 Å². The fourth-order valence-corrected chi connectivity index (χ4v) is 1.88. The van der Waals surface area contributed by atoms with Gasteiger partial charge in [-0.05, 0) is 18.6 Å². The predicted molar refractivity (Wildman–Crippen MR) is 75.2 cm³/mol. The van der Waals surface area contributed by atoms with Crippen LogP contribution >= 0.6 is 11.6 Å². The average molecular weight is 326 g/mol. The van der Waals surface area contributed by atoms with Crippen LogP contribution in [0, 0.1) is 5.82 Å². The molecular formula is C13H16ClF4N3. The highest BCUT2D eigenvalue weighted by Gasteiger charge is 2.26. The highest BCUT2D eigenvalue weighted by atomic mass is 35.5. The molecule has 0 spiro atoms. The van der Waals surface area contributed by atoms with E-state index in [1.807, 2.05) is 0 Å². The maximum absolute atomic E-state index is 13.5. The van der Waals surface area contributed by atoms with Gasteiger partial charge in [0.1, 0.15) is 5.82 Å². The summed E-state index contributed by atoms with van der Waals surface area (Å²) in [7, 11) is 1.44. The molecule has 0 heterocycles. The maximum Gasteiger partial charge on any atom is 0.390 e. The number of alkyl halides is 3. The zero-order chi connectivity index (χ0) is 15.9. The molecule has 118 valence electrons. The second-order valence-electron chi connectivity index (χ2n) is 4.24. The summed E-state index contributed by atoms with van der Waals surface area (Å²) < 4.78 is 49.6. The summed E-state index contributed by atoms with van der Waals surface area (Å²) in [6, 6.07) is 4.39. The molecule has 0 aliphatic heterocycles. The molecule has 2 N–H and O–H groups in total.